The fourth-order valence-electron chi connectivity index (χ4n) is 3.86. The molecule has 5 nitrogen and oxygen atoms in total. The van der Waals surface area contributed by atoms with Crippen molar-refractivity contribution < 1.29 is 14.6 Å². The van der Waals surface area contributed by atoms with Crippen LogP contribution in [0, 0.1) is 12.8 Å². The van der Waals surface area contributed by atoms with Crippen LogP contribution in [0.4, 0.5) is 5.69 Å². The summed E-state index contributed by atoms with van der Waals surface area (Å²) in [4.78, 5) is 17.9. The maximum atomic E-state index is 11.1. The molecule has 0 bridgehead atoms. The van der Waals surface area contributed by atoms with Crippen molar-refractivity contribution >= 4 is 11.7 Å². The molecule has 1 aromatic heterocycles. The second-order valence-corrected chi connectivity index (χ2v) is 7.88. The summed E-state index contributed by atoms with van der Waals surface area (Å²) in [6.07, 6.45) is 1.40. The van der Waals surface area contributed by atoms with E-state index in [-0.39, 0.29) is 12.0 Å². The van der Waals surface area contributed by atoms with Gasteiger partial charge in [0.15, 0.2) is 0 Å². The van der Waals surface area contributed by atoms with Gasteiger partial charge in [0.1, 0.15) is 6.61 Å². The van der Waals surface area contributed by atoms with Crippen molar-refractivity contribution in [3.63, 3.8) is 0 Å². The molecule has 3 aromatic rings. The van der Waals surface area contributed by atoms with Crippen molar-refractivity contribution in [3.8, 4) is 17.0 Å². The average Bonchev–Trinajstić information content (AvgIpc) is 2.72. The van der Waals surface area contributed by atoms with Crippen LogP contribution in [0.15, 0.2) is 66.7 Å². The summed E-state index contributed by atoms with van der Waals surface area (Å²) >= 11 is 0. The number of aryl methyl sites for hydroxylation is 1. The highest BCUT2D eigenvalue weighted by Crippen LogP contribution is 2.35. The number of carbonyl (C=O) groups is 1. The smallest absolute Gasteiger partial charge is 0.306 e. The highest BCUT2D eigenvalue weighted by atomic mass is 16.5. The fourth-order valence-corrected chi connectivity index (χ4v) is 3.86. The third-order valence-corrected chi connectivity index (χ3v) is 5.86. The standard InChI is InChI=1S/C25H26N2O3/c1-17-23(11-12-24(26-17)30-16-18-7-4-3-5-8-18)19-9-6-10-21(13-19)27(2)22-14-20(15-22)25(28)29/h3-13,20,22H,14-16H2,1-2H3,(H,28,29)/t20-,22-. The zero-order chi connectivity index (χ0) is 21.1. The van der Waals surface area contributed by atoms with E-state index in [1.165, 1.54) is 0 Å². The third-order valence-electron chi connectivity index (χ3n) is 5.86. The second kappa shape index (κ2) is 8.57. The van der Waals surface area contributed by atoms with Crippen LogP contribution in [0.5, 0.6) is 5.88 Å². The molecule has 1 aliphatic rings. The lowest BCUT2D eigenvalue weighted by atomic mass is 9.79. The molecule has 30 heavy (non-hydrogen) atoms. The molecule has 2 aromatic carbocycles. The molecule has 0 saturated heterocycles. The van der Waals surface area contributed by atoms with E-state index in [2.05, 4.69) is 28.1 Å². The van der Waals surface area contributed by atoms with Crippen LogP contribution < -0.4 is 9.64 Å². The number of benzene rings is 2. The quantitative estimate of drug-likeness (QED) is 0.607. The number of anilines is 1. The summed E-state index contributed by atoms with van der Waals surface area (Å²) in [6.45, 7) is 2.48. The lowest BCUT2D eigenvalue weighted by Crippen LogP contribution is -2.45. The van der Waals surface area contributed by atoms with Crippen molar-refractivity contribution in [1.82, 2.24) is 4.98 Å². The number of nitrogens with zero attached hydrogens (tertiary/aromatic N) is 2. The van der Waals surface area contributed by atoms with Crippen LogP contribution in [-0.4, -0.2) is 29.1 Å². The second-order valence-electron chi connectivity index (χ2n) is 7.88. The van der Waals surface area contributed by atoms with E-state index in [1.54, 1.807) is 0 Å². The molecule has 1 saturated carbocycles. The Hall–Kier alpha value is -3.34. The SMILES string of the molecule is Cc1nc(OCc2ccccc2)ccc1-c1cccc(N(C)[C@H]2C[C@H](C(=O)O)C2)c1. The van der Waals surface area contributed by atoms with Crippen LogP contribution in [-0.2, 0) is 11.4 Å². The molecule has 0 atom stereocenters. The normalized spacial score (nSPS) is 17.8. The summed E-state index contributed by atoms with van der Waals surface area (Å²) in [5, 5.41) is 9.12. The van der Waals surface area contributed by atoms with Crippen molar-refractivity contribution in [3.05, 3.63) is 78.0 Å². The van der Waals surface area contributed by atoms with Gasteiger partial charge in [-0.25, -0.2) is 4.98 Å². The zero-order valence-corrected chi connectivity index (χ0v) is 17.3. The number of hydrogen-bond donors (Lipinski definition) is 1. The number of carboxylic acid groups (broad SMARTS) is 1. The average molecular weight is 402 g/mol. The first kappa shape index (κ1) is 20.0. The number of ether oxygens (including phenoxy) is 1. The Bertz CT molecular complexity index is 1030. The molecule has 1 aliphatic carbocycles. The maximum absolute atomic E-state index is 11.1. The Labute approximate surface area is 177 Å². The molecule has 1 heterocycles. The van der Waals surface area contributed by atoms with Crippen molar-refractivity contribution in [2.75, 3.05) is 11.9 Å². The number of aromatic nitrogens is 1. The van der Waals surface area contributed by atoms with E-state index in [4.69, 9.17) is 9.84 Å². The third kappa shape index (κ3) is 4.30. The fraction of sp³-hybridized carbons (Fsp3) is 0.280. The molecule has 1 N–H and O–H groups in total. The van der Waals surface area contributed by atoms with Crippen molar-refractivity contribution in [2.24, 2.45) is 5.92 Å². The van der Waals surface area contributed by atoms with E-state index >= 15 is 0 Å². The monoisotopic (exact) mass is 402 g/mol. The Balaban J connectivity index is 1.46. The summed E-state index contributed by atoms with van der Waals surface area (Å²) in [6, 6.07) is 22.6. The van der Waals surface area contributed by atoms with Gasteiger partial charge in [0.05, 0.1) is 5.92 Å². The van der Waals surface area contributed by atoms with Gasteiger partial charge in [-0.15, -0.1) is 0 Å². The molecule has 0 radical (unpaired) electrons. The first-order valence-corrected chi connectivity index (χ1v) is 10.2. The summed E-state index contributed by atoms with van der Waals surface area (Å²) in [7, 11) is 2.04. The molecule has 0 amide bonds. The lowest BCUT2D eigenvalue weighted by molar-refractivity contribution is -0.145. The Morgan fingerprint density at radius 3 is 2.57 bits per heavy atom. The largest absolute Gasteiger partial charge is 0.481 e. The molecule has 0 spiro atoms. The van der Waals surface area contributed by atoms with Gasteiger partial charge < -0.3 is 14.7 Å². The highest BCUT2D eigenvalue weighted by Gasteiger charge is 2.36. The molecule has 5 heteroatoms. The van der Waals surface area contributed by atoms with E-state index < -0.39 is 5.97 Å². The molecule has 154 valence electrons. The molecule has 1 fully saturated rings. The van der Waals surface area contributed by atoms with Gasteiger partial charge in [-0.3, -0.25) is 4.79 Å². The van der Waals surface area contributed by atoms with Gasteiger partial charge in [0.2, 0.25) is 5.88 Å². The van der Waals surface area contributed by atoms with Crippen molar-refractivity contribution in [2.45, 2.75) is 32.4 Å². The van der Waals surface area contributed by atoms with Gasteiger partial charge >= 0.3 is 5.97 Å². The van der Waals surface area contributed by atoms with Gasteiger partial charge in [-0.2, -0.15) is 0 Å². The predicted octanol–water partition coefficient (Wildman–Crippen LogP) is 4.94. The van der Waals surface area contributed by atoms with Gasteiger partial charge in [-0.1, -0.05) is 42.5 Å². The zero-order valence-electron chi connectivity index (χ0n) is 17.3. The number of aliphatic carboxylic acids is 1. The van der Waals surface area contributed by atoms with Crippen LogP contribution in [0.3, 0.4) is 0 Å². The maximum Gasteiger partial charge on any atom is 0.306 e. The van der Waals surface area contributed by atoms with Gasteiger partial charge in [-0.05, 0) is 49.1 Å². The molecule has 4 rings (SSSR count). The number of rotatable bonds is 7. The Morgan fingerprint density at radius 2 is 1.87 bits per heavy atom. The van der Waals surface area contributed by atoms with Gasteiger partial charge in [0.25, 0.3) is 0 Å². The number of pyridine rings is 1. The minimum absolute atomic E-state index is 0.212. The lowest BCUT2D eigenvalue weighted by Gasteiger charge is -2.40. The molecule has 0 unspecified atom stereocenters. The molecular weight excluding hydrogens is 376 g/mol. The van der Waals surface area contributed by atoms with Crippen molar-refractivity contribution in [1.29, 1.82) is 0 Å². The minimum Gasteiger partial charge on any atom is -0.481 e. The van der Waals surface area contributed by atoms with Crippen LogP contribution in [0.2, 0.25) is 0 Å². The predicted molar refractivity (Wildman–Crippen MR) is 118 cm³/mol. The van der Waals surface area contributed by atoms with E-state index in [9.17, 15) is 4.79 Å². The number of hydrogen-bond acceptors (Lipinski definition) is 4. The topological polar surface area (TPSA) is 62.7 Å². The Kier molecular flexibility index (Phi) is 5.70. The van der Waals surface area contributed by atoms with Crippen LogP contribution >= 0.6 is 0 Å². The highest BCUT2D eigenvalue weighted by molar-refractivity contribution is 5.73. The summed E-state index contributed by atoms with van der Waals surface area (Å²) in [5.41, 5.74) is 5.26. The van der Waals surface area contributed by atoms with E-state index in [0.29, 0.717) is 25.3 Å². The number of carboxylic acids is 1. The minimum atomic E-state index is -0.690. The van der Waals surface area contributed by atoms with Gasteiger partial charge in [0, 0.05) is 36.1 Å². The van der Waals surface area contributed by atoms with Crippen LogP contribution in [0.1, 0.15) is 24.1 Å². The molecular formula is C25H26N2O3. The summed E-state index contributed by atoms with van der Waals surface area (Å²) in [5.74, 6) is -0.289. The first-order valence-electron chi connectivity index (χ1n) is 10.2. The Morgan fingerprint density at radius 1 is 1.10 bits per heavy atom. The summed E-state index contributed by atoms with van der Waals surface area (Å²) < 4.78 is 5.84. The first-order chi connectivity index (χ1) is 14.5. The van der Waals surface area contributed by atoms with Crippen LogP contribution in [0.25, 0.3) is 11.1 Å². The van der Waals surface area contributed by atoms with E-state index in [0.717, 1.165) is 28.1 Å². The van der Waals surface area contributed by atoms with E-state index in [1.807, 2.05) is 62.5 Å². The molecule has 0 aliphatic heterocycles.